The van der Waals surface area contributed by atoms with Crippen LogP contribution in [0.2, 0.25) is 0 Å². The third kappa shape index (κ3) is 2.73. The first-order valence-electron chi connectivity index (χ1n) is 6.91. The summed E-state index contributed by atoms with van der Waals surface area (Å²) in [6, 6.07) is 8.30. The van der Waals surface area contributed by atoms with E-state index < -0.39 is 5.54 Å². The summed E-state index contributed by atoms with van der Waals surface area (Å²) < 4.78 is 10.7. The predicted molar refractivity (Wildman–Crippen MR) is 74.2 cm³/mol. The first kappa shape index (κ1) is 13.3. The van der Waals surface area contributed by atoms with Crippen LogP contribution in [0, 0.1) is 6.92 Å². The first-order chi connectivity index (χ1) is 9.66. The van der Waals surface area contributed by atoms with Crippen LogP contribution in [0.4, 0.5) is 0 Å². The molecule has 1 aromatic carbocycles. The van der Waals surface area contributed by atoms with Gasteiger partial charge in [0.05, 0.1) is 0 Å². The molecule has 0 aliphatic carbocycles. The maximum Gasteiger partial charge on any atom is 0.246 e. The summed E-state index contributed by atoms with van der Waals surface area (Å²) in [6.07, 6.45) is 2.11. The Morgan fingerprint density at radius 3 is 2.85 bits per heavy atom. The lowest BCUT2D eigenvalue weighted by Gasteiger charge is -2.29. The van der Waals surface area contributed by atoms with E-state index in [2.05, 4.69) is 35.3 Å². The van der Waals surface area contributed by atoms with Crippen molar-refractivity contribution in [3.63, 3.8) is 0 Å². The molecule has 2 N–H and O–H groups in total. The maximum absolute atomic E-state index is 6.33. The van der Waals surface area contributed by atoms with Crippen LogP contribution in [0.15, 0.2) is 28.8 Å². The summed E-state index contributed by atoms with van der Waals surface area (Å²) in [5.41, 5.74) is 8.21. The zero-order valence-corrected chi connectivity index (χ0v) is 11.6. The molecule has 0 bridgehead atoms. The molecular weight excluding hydrogens is 254 g/mol. The standard InChI is InChI=1S/C15H19N3O2/c1-11-3-2-4-12(9-11)10-13-17-14(20-18-13)15(16)5-7-19-8-6-15/h2-4,9H,5-8,10,16H2,1H3. The molecule has 0 saturated carbocycles. The number of nitrogens with zero attached hydrogens (tertiary/aromatic N) is 2. The molecule has 106 valence electrons. The highest BCUT2D eigenvalue weighted by atomic mass is 16.5. The van der Waals surface area contributed by atoms with E-state index in [0.29, 0.717) is 31.3 Å². The molecule has 5 heteroatoms. The Morgan fingerprint density at radius 2 is 2.10 bits per heavy atom. The minimum atomic E-state index is -0.532. The van der Waals surface area contributed by atoms with Crippen LogP contribution in [0.1, 0.15) is 35.7 Å². The number of benzene rings is 1. The summed E-state index contributed by atoms with van der Waals surface area (Å²) in [4.78, 5) is 4.47. The Bertz CT molecular complexity index is 588. The van der Waals surface area contributed by atoms with E-state index in [1.807, 2.05) is 6.07 Å². The number of aryl methyl sites for hydroxylation is 1. The van der Waals surface area contributed by atoms with Crippen LogP contribution in [0.25, 0.3) is 0 Å². The number of ether oxygens (including phenoxy) is 1. The average molecular weight is 273 g/mol. The van der Waals surface area contributed by atoms with Crippen molar-refractivity contribution in [2.24, 2.45) is 5.73 Å². The molecule has 0 radical (unpaired) electrons. The van der Waals surface area contributed by atoms with E-state index >= 15 is 0 Å². The van der Waals surface area contributed by atoms with Crippen molar-refractivity contribution in [3.05, 3.63) is 47.1 Å². The fourth-order valence-electron chi connectivity index (χ4n) is 2.48. The molecule has 0 amide bonds. The summed E-state index contributed by atoms with van der Waals surface area (Å²) >= 11 is 0. The third-order valence-corrected chi connectivity index (χ3v) is 3.72. The van der Waals surface area contributed by atoms with Crippen molar-refractivity contribution in [1.29, 1.82) is 0 Å². The number of hydrogen-bond acceptors (Lipinski definition) is 5. The largest absolute Gasteiger partial charge is 0.381 e. The molecule has 5 nitrogen and oxygen atoms in total. The van der Waals surface area contributed by atoms with Crippen LogP contribution in [-0.2, 0) is 16.7 Å². The SMILES string of the molecule is Cc1cccc(Cc2noc(C3(N)CCOCC3)n2)c1. The predicted octanol–water partition coefficient (Wildman–Crippen LogP) is 1.93. The van der Waals surface area contributed by atoms with Gasteiger partial charge < -0.3 is 15.0 Å². The van der Waals surface area contributed by atoms with Crippen molar-refractivity contribution in [2.45, 2.75) is 31.7 Å². The normalized spacial score (nSPS) is 18.1. The fourth-order valence-corrected chi connectivity index (χ4v) is 2.48. The minimum Gasteiger partial charge on any atom is -0.381 e. The lowest BCUT2D eigenvalue weighted by atomic mass is 9.91. The van der Waals surface area contributed by atoms with Crippen LogP contribution in [-0.4, -0.2) is 23.4 Å². The highest BCUT2D eigenvalue weighted by Gasteiger charge is 2.35. The summed E-state index contributed by atoms with van der Waals surface area (Å²) in [6.45, 7) is 3.36. The zero-order valence-electron chi connectivity index (χ0n) is 11.6. The van der Waals surface area contributed by atoms with Crippen LogP contribution in [0.3, 0.4) is 0 Å². The Morgan fingerprint density at radius 1 is 1.30 bits per heavy atom. The molecule has 1 aliphatic rings. The Hall–Kier alpha value is -1.72. The molecular formula is C15H19N3O2. The molecule has 1 aliphatic heterocycles. The van der Waals surface area contributed by atoms with Crippen molar-refractivity contribution < 1.29 is 9.26 Å². The first-order valence-corrected chi connectivity index (χ1v) is 6.91. The number of rotatable bonds is 3. The molecule has 20 heavy (non-hydrogen) atoms. The van der Waals surface area contributed by atoms with Gasteiger partial charge in [-0.25, -0.2) is 0 Å². The van der Waals surface area contributed by atoms with Gasteiger partial charge in [0.25, 0.3) is 0 Å². The molecule has 1 saturated heterocycles. The lowest BCUT2D eigenvalue weighted by Crippen LogP contribution is -2.42. The van der Waals surface area contributed by atoms with Gasteiger partial charge in [-0.3, -0.25) is 0 Å². The monoisotopic (exact) mass is 273 g/mol. The second kappa shape index (κ2) is 5.34. The number of aromatic nitrogens is 2. The van der Waals surface area contributed by atoms with Crippen LogP contribution < -0.4 is 5.73 Å². The topological polar surface area (TPSA) is 74.2 Å². The lowest BCUT2D eigenvalue weighted by molar-refractivity contribution is 0.0400. The van der Waals surface area contributed by atoms with Crippen molar-refractivity contribution in [3.8, 4) is 0 Å². The Kier molecular flexibility index (Phi) is 3.54. The van der Waals surface area contributed by atoms with Gasteiger partial charge in [0, 0.05) is 19.6 Å². The minimum absolute atomic E-state index is 0.531. The summed E-state index contributed by atoms with van der Waals surface area (Å²) in [5, 5.41) is 4.05. The van der Waals surface area contributed by atoms with Gasteiger partial charge in [0.1, 0.15) is 5.54 Å². The molecule has 2 aromatic rings. The third-order valence-electron chi connectivity index (χ3n) is 3.72. The maximum atomic E-state index is 6.33. The van der Waals surface area contributed by atoms with Gasteiger partial charge in [0.15, 0.2) is 5.82 Å². The summed E-state index contributed by atoms with van der Waals surface area (Å²) in [7, 11) is 0. The second-order valence-corrected chi connectivity index (χ2v) is 5.45. The highest BCUT2D eigenvalue weighted by Crippen LogP contribution is 2.28. The highest BCUT2D eigenvalue weighted by molar-refractivity contribution is 5.24. The van der Waals surface area contributed by atoms with Crippen molar-refractivity contribution in [1.82, 2.24) is 10.1 Å². The molecule has 0 atom stereocenters. The Balaban J connectivity index is 1.76. The quantitative estimate of drug-likeness (QED) is 0.925. The van der Waals surface area contributed by atoms with Gasteiger partial charge in [-0.15, -0.1) is 0 Å². The van der Waals surface area contributed by atoms with Crippen LogP contribution in [0.5, 0.6) is 0 Å². The van der Waals surface area contributed by atoms with E-state index in [-0.39, 0.29) is 0 Å². The molecule has 3 rings (SSSR count). The van der Waals surface area contributed by atoms with E-state index in [0.717, 1.165) is 12.8 Å². The van der Waals surface area contributed by atoms with Crippen molar-refractivity contribution >= 4 is 0 Å². The van der Waals surface area contributed by atoms with Gasteiger partial charge in [-0.2, -0.15) is 4.98 Å². The average Bonchev–Trinajstić information content (AvgIpc) is 2.89. The van der Waals surface area contributed by atoms with Crippen LogP contribution >= 0.6 is 0 Å². The smallest absolute Gasteiger partial charge is 0.246 e. The number of nitrogens with two attached hydrogens (primary N) is 1. The zero-order chi connectivity index (χ0) is 14.0. The fraction of sp³-hybridized carbons (Fsp3) is 0.467. The van der Waals surface area contributed by atoms with E-state index in [4.69, 9.17) is 15.0 Å². The van der Waals surface area contributed by atoms with Gasteiger partial charge >= 0.3 is 0 Å². The molecule has 1 fully saturated rings. The van der Waals surface area contributed by atoms with Crippen molar-refractivity contribution in [2.75, 3.05) is 13.2 Å². The van der Waals surface area contributed by atoms with E-state index in [9.17, 15) is 0 Å². The van der Waals surface area contributed by atoms with Gasteiger partial charge in [-0.1, -0.05) is 35.0 Å². The molecule has 0 unspecified atom stereocenters. The molecule has 1 aromatic heterocycles. The summed E-state index contributed by atoms with van der Waals surface area (Å²) in [5.74, 6) is 1.21. The second-order valence-electron chi connectivity index (χ2n) is 5.45. The van der Waals surface area contributed by atoms with Gasteiger partial charge in [-0.05, 0) is 25.3 Å². The Labute approximate surface area is 118 Å². The van der Waals surface area contributed by atoms with E-state index in [1.54, 1.807) is 0 Å². The van der Waals surface area contributed by atoms with Gasteiger partial charge in [0.2, 0.25) is 5.89 Å². The molecule has 0 spiro atoms. The molecule has 2 heterocycles. The number of hydrogen-bond donors (Lipinski definition) is 1. The van der Waals surface area contributed by atoms with E-state index in [1.165, 1.54) is 11.1 Å².